The molecule has 2 amide bonds. The molecule has 1 aromatic rings. The molecule has 2 bridgehead atoms. The Hall–Kier alpha value is -2.96. The van der Waals surface area contributed by atoms with Crippen molar-refractivity contribution in [3.63, 3.8) is 0 Å². The lowest BCUT2D eigenvalue weighted by Crippen LogP contribution is -2.56. The van der Waals surface area contributed by atoms with Crippen LogP contribution in [0.2, 0.25) is 0 Å². The number of fused-ring (bicyclic) bond motifs is 2. The molecule has 3 aliphatic rings. The fourth-order valence-corrected chi connectivity index (χ4v) is 5.20. The molecule has 164 valence electrons. The first kappa shape index (κ1) is 21.3. The zero-order valence-corrected chi connectivity index (χ0v) is 17.5. The van der Waals surface area contributed by atoms with Gasteiger partial charge in [-0.2, -0.15) is 5.26 Å². The average molecular weight is 425 g/mol. The van der Waals surface area contributed by atoms with Crippen LogP contribution < -0.4 is 5.73 Å². The third-order valence-corrected chi connectivity index (χ3v) is 6.78. The van der Waals surface area contributed by atoms with Gasteiger partial charge in [0.2, 0.25) is 11.8 Å². The van der Waals surface area contributed by atoms with E-state index in [-0.39, 0.29) is 42.0 Å². The Balaban J connectivity index is 1.41. The molecule has 0 unspecified atom stereocenters. The smallest absolute Gasteiger partial charge is 0.335 e. The van der Waals surface area contributed by atoms with Crippen LogP contribution in [-0.2, 0) is 9.59 Å². The van der Waals surface area contributed by atoms with Gasteiger partial charge in [0, 0.05) is 25.7 Å². The van der Waals surface area contributed by atoms with Gasteiger partial charge >= 0.3 is 5.97 Å². The maximum absolute atomic E-state index is 13.1. The van der Waals surface area contributed by atoms with Crippen molar-refractivity contribution in [2.75, 3.05) is 19.6 Å². The summed E-state index contributed by atoms with van der Waals surface area (Å²) in [7, 11) is 0. The molecular weight excluding hydrogens is 398 g/mol. The van der Waals surface area contributed by atoms with E-state index in [2.05, 4.69) is 6.07 Å². The van der Waals surface area contributed by atoms with Crippen molar-refractivity contribution in [2.24, 2.45) is 5.73 Å². The zero-order chi connectivity index (χ0) is 22.3. The van der Waals surface area contributed by atoms with Crippen molar-refractivity contribution in [2.45, 2.75) is 56.4 Å². The van der Waals surface area contributed by atoms with Crippen LogP contribution in [-0.4, -0.2) is 81.4 Å². The maximum atomic E-state index is 13.1. The van der Waals surface area contributed by atoms with Crippen LogP contribution in [0.5, 0.6) is 0 Å². The largest absolute Gasteiger partial charge is 0.478 e. The lowest BCUT2D eigenvalue weighted by atomic mass is 10.0. The molecule has 3 heterocycles. The highest BCUT2D eigenvalue weighted by molar-refractivity contribution is 5.88. The summed E-state index contributed by atoms with van der Waals surface area (Å²) in [5, 5.41) is 18.5. The highest BCUT2D eigenvalue weighted by Gasteiger charge is 2.51. The van der Waals surface area contributed by atoms with Crippen LogP contribution in [0.4, 0.5) is 0 Å². The minimum absolute atomic E-state index is 0.00179. The molecule has 5 atom stereocenters. The van der Waals surface area contributed by atoms with Gasteiger partial charge in [0.1, 0.15) is 6.04 Å². The van der Waals surface area contributed by atoms with Crippen LogP contribution in [0, 0.1) is 11.3 Å². The number of carbonyl (C=O) groups excluding carboxylic acids is 2. The number of piperazine rings is 1. The Kier molecular flexibility index (Phi) is 5.69. The topological polar surface area (TPSA) is 131 Å². The second-order valence-corrected chi connectivity index (χ2v) is 8.64. The quantitative estimate of drug-likeness (QED) is 0.681. The molecule has 4 rings (SSSR count). The Bertz CT molecular complexity index is 944. The van der Waals surface area contributed by atoms with Gasteiger partial charge < -0.3 is 20.6 Å². The van der Waals surface area contributed by atoms with Gasteiger partial charge in [-0.25, -0.2) is 4.79 Å². The molecule has 0 aliphatic carbocycles. The molecule has 1 aromatic carbocycles. The zero-order valence-electron chi connectivity index (χ0n) is 17.5. The van der Waals surface area contributed by atoms with Crippen LogP contribution in [0.1, 0.15) is 48.1 Å². The average Bonchev–Trinajstić information content (AvgIpc) is 3.47. The molecular formula is C22H27N5O4. The van der Waals surface area contributed by atoms with E-state index in [4.69, 9.17) is 5.73 Å². The first-order chi connectivity index (χ1) is 14.8. The van der Waals surface area contributed by atoms with E-state index in [1.807, 2.05) is 22.8 Å². The first-order valence-corrected chi connectivity index (χ1v) is 10.7. The summed E-state index contributed by atoms with van der Waals surface area (Å²) in [5.74, 6) is -1.24. The number of nitriles is 1. The van der Waals surface area contributed by atoms with Crippen LogP contribution in [0.15, 0.2) is 24.3 Å². The van der Waals surface area contributed by atoms with E-state index >= 15 is 0 Å². The van der Waals surface area contributed by atoms with Gasteiger partial charge in [0.05, 0.1) is 29.8 Å². The fraction of sp³-hybridized carbons (Fsp3) is 0.545. The Morgan fingerprint density at radius 1 is 1.39 bits per heavy atom. The molecule has 9 heteroatoms. The molecule has 3 aliphatic heterocycles. The van der Waals surface area contributed by atoms with E-state index in [0.717, 1.165) is 12.0 Å². The second kappa shape index (κ2) is 8.29. The van der Waals surface area contributed by atoms with E-state index in [0.29, 0.717) is 25.9 Å². The van der Waals surface area contributed by atoms with Crippen LogP contribution in [0.3, 0.4) is 0 Å². The summed E-state index contributed by atoms with van der Waals surface area (Å²) in [4.78, 5) is 42.5. The van der Waals surface area contributed by atoms with E-state index in [1.165, 1.54) is 6.07 Å². The summed E-state index contributed by atoms with van der Waals surface area (Å²) in [6.45, 7) is 3.38. The van der Waals surface area contributed by atoms with Crippen molar-refractivity contribution in [3.8, 4) is 6.07 Å². The van der Waals surface area contributed by atoms with Gasteiger partial charge in [0.25, 0.3) is 0 Å². The fourth-order valence-electron chi connectivity index (χ4n) is 5.20. The molecule has 3 N–H and O–H groups in total. The number of benzene rings is 1. The third kappa shape index (κ3) is 3.77. The lowest BCUT2D eigenvalue weighted by Gasteiger charge is -2.38. The Morgan fingerprint density at radius 2 is 2.16 bits per heavy atom. The van der Waals surface area contributed by atoms with Crippen molar-refractivity contribution in [1.29, 1.82) is 5.26 Å². The predicted molar refractivity (Wildman–Crippen MR) is 111 cm³/mol. The number of aromatic carboxylic acids is 1. The van der Waals surface area contributed by atoms with E-state index < -0.39 is 18.1 Å². The minimum Gasteiger partial charge on any atom is -0.478 e. The normalized spacial score (nSPS) is 27.4. The Morgan fingerprint density at radius 3 is 2.84 bits per heavy atom. The SMILES string of the molecule is C[C@@H](c1cccc(C(=O)O)c1)N1C(=O)[C@H]2C[C@@H]1CN2C[C@H](N)C(=O)N1CCC[C@H]1C#N. The number of nitrogens with two attached hydrogens (primary N) is 1. The maximum Gasteiger partial charge on any atom is 0.335 e. The number of hydrogen-bond donors (Lipinski definition) is 2. The van der Waals surface area contributed by atoms with Gasteiger partial charge in [-0.3, -0.25) is 14.5 Å². The van der Waals surface area contributed by atoms with Crippen molar-refractivity contribution < 1.29 is 19.5 Å². The lowest BCUT2D eigenvalue weighted by molar-refractivity contribution is -0.140. The minimum atomic E-state index is -0.996. The number of carboxylic acids is 1. The highest BCUT2D eigenvalue weighted by atomic mass is 16.4. The molecule has 0 spiro atoms. The van der Waals surface area contributed by atoms with Crippen LogP contribution in [0.25, 0.3) is 0 Å². The summed E-state index contributed by atoms with van der Waals surface area (Å²) >= 11 is 0. The molecule has 0 aromatic heterocycles. The summed E-state index contributed by atoms with van der Waals surface area (Å²) in [6, 6.07) is 7.11. The number of rotatable bonds is 6. The number of amides is 2. The standard InChI is InChI=1S/C22H27N5O4/c1-13(14-4-2-5-15(8-14)22(30)31)27-17-9-19(21(27)29)25(11-17)12-18(24)20(28)26-7-3-6-16(26)10-23/h2,4-5,8,13,16-19H,3,6-7,9,11-12,24H2,1H3,(H,30,31)/t13-,16-,17+,18-,19+/m0/s1. The first-order valence-electron chi connectivity index (χ1n) is 10.7. The molecule has 3 saturated heterocycles. The van der Waals surface area contributed by atoms with Crippen molar-refractivity contribution in [3.05, 3.63) is 35.4 Å². The van der Waals surface area contributed by atoms with Crippen LogP contribution >= 0.6 is 0 Å². The molecule has 3 fully saturated rings. The highest BCUT2D eigenvalue weighted by Crippen LogP contribution is 2.38. The van der Waals surface area contributed by atoms with Gasteiger partial charge in [0.15, 0.2) is 0 Å². The monoisotopic (exact) mass is 425 g/mol. The third-order valence-electron chi connectivity index (χ3n) is 6.78. The van der Waals surface area contributed by atoms with Gasteiger partial charge in [-0.1, -0.05) is 12.1 Å². The molecule has 31 heavy (non-hydrogen) atoms. The van der Waals surface area contributed by atoms with Gasteiger partial charge in [-0.15, -0.1) is 0 Å². The van der Waals surface area contributed by atoms with Gasteiger partial charge in [-0.05, 0) is 43.9 Å². The Labute approximate surface area is 181 Å². The number of carbonyl (C=O) groups is 3. The van der Waals surface area contributed by atoms with E-state index in [1.54, 1.807) is 17.0 Å². The van der Waals surface area contributed by atoms with Crippen molar-refractivity contribution in [1.82, 2.24) is 14.7 Å². The molecule has 9 nitrogen and oxygen atoms in total. The summed E-state index contributed by atoms with van der Waals surface area (Å²) in [6.07, 6.45) is 2.16. The number of nitrogens with zero attached hydrogens (tertiary/aromatic N) is 4. The van der Waals surface area contributed by atoms with Crippen molar-refractivity contribution >= 4 is 17.8 Å². The predicted octanol–water partition coefficient (Wildman–Crippen LogP) is 0.573. The second-order valence-electron chi connectivity index (χ2n) is 8.64. The molecule has 0 radical (unpaired) electrons. The van der Waals surface area contributed by atoms with E-state index in [9.17, 15) is 24.8 Å². The summed E-state index contributed by atoms with van der Waals surface area (Å²) < 4.78 is 0. The number of likely N-dealkylation sites (tertiary alicyclic amines) is 3. The number of hydrogen-bond acceptors (Lipinski definition) is 6. The summed E-state index contributed by atoms with van der Waals surface area (Å²) in [5.41, 5.74) is 7.17. The number of carboxylic acid groups (broad SMARTS) is 1. The molecule has 0 saturated carbocycles.